The molecule has 0 radical (unpaired) electrons. The maximum Gasteiger partial charge on any atom is 0.417 e. The molecule has 0 unspecified atom stereocenters. The summed E-state index contributed by atoms with van der Waals surface area (Å²) in [6.45, 7) is -1.82. The molecule has 9 aromatic rings. The van der Waals surface area contributed by atoms with E-state index < -0.39 is 110 Å². The van der Waals surface area contributed by atoms with Crippen molar-refractivity contribution in [1.29, 1.82) is 0 Å². The molecule has 26 nitrogen and oxygen atoms in total. The Balaban J connectivity index is 0.000000189. The van der Waals surface area contributed by atoms with Gasteiger partial charge >= 0.3 is 11.8 Å². The number of alkyl halides is 3. The van der Waals surface area contributed by atoms with Crippen molar-refractivity contribution in [2.45, 2.75) is 30.7 Å². The fourth-order valence-electron chi connectivity index (χ4n) is 8.41. The highest BCUT2D eigenvalue weighted by Crippen LogP contribution is 2.35. The van der Waals surface area contributed by atoms with Gasteiger partial charge in [0.15, 0.2) is 0 Å². The van der Waals surface area contributed by atoms with Crippen LogP contribution < -0.4 is 50.6 Å². The number of nitrogen functional groups attached to an aromatic ring is 1. The molecule has 4 amide bonds. The first-order valence-corrected chi connectivity index (χ1v) is 24.5. The number of hydrogen-bond donors (Lipinski definition) is 8. The minimum absolute atomic E-state index is 0.0846. The topological polar surface area (TPSA) is 428 Å². The smallest absolute Gasteiger partial charge is 0.417 e. The number of nitro groups is 2. The van der Waals surface area contributed by atoms with Crippen molar-refractivity contribution in [3.8, 4) is 0 Å². The van der Waals surface area contributed by atoms with Gasteiger partial charge in [-0.1, -0.05) is 41.9 Å². The molecule has 84 heavy (non-hydrogen) atoms. The summed E-state index contributed by atoms with van der Waals surface area (Å²) in [5.41, 5.74) is 18.5. The third kappa shape index (κ3) is 13.9. The van der Waals surface area contributed by atoms with Crippen molar-refractivity contribution < 1.29 is 61.9 Å². The van der Waals surface area contributed by atoms with Crippen LogP contribution in [-0.4, -0.2) is 82.3 Å². The van der Waals surface area contributed by atoms with Crippen LogP contribution >= 0.6 is 11.6 Å². The Kier molecular flexibility index (Phi) is 19.9. The second-order valence-corrected chi connectivity index (χ2v) is 18.1. The first kappa shape index (κ1) is 62.6. The molecule has 0 saturated heterocycles. The highest BCUT2D eigenvalue weighted by Gasteiger charge is 2.33. The fourth-order valence-corrected chi connectivity index (χ4v) is 8.63. The number of aliphatic hydroxyl groups excluding tert-OH is 3. The van der Waals surface area contributed by atoms with E-state index in [0.717, 1.165) is 32.1 Å². The van der Waals surface area contributed by atoms with E-state index in [1.54, 1.807) is 24.3 Å². The van der Waals surface area contributed by atoms with Crippen molar-refractivity contribution in [2.75, 3.05) is 30.9 Å². The van der Waals surface area contributed by atoms with Gasteiger partial charge < -0.3 is 61.7 Å². The quantitative estimate of drug-likeness (QED) is 0.0431. The number of benzene rings is 5. The maximum atomic E-state index is 13.0. The standard InChI is InChI=1S/C21H17ClF3N3O4.C12H11N3O5.C12H13N3O3.C9H5NO4/c22-15-5-4-11(8-14(15)21(23,24)25)9-18(30)27-16-3-1-2-13-12(16)6-7-28(20(13)32)17(10-29)19(26)31;13-11(17)10(6-16)14-5-4-7-8(12(14)18)2-1-3-9(7)15(19)20;13-9-3-1-2-8-7(9)4-5-15(12(8)18)10(6-16)11(14)17;11-9-7-2-1-3-8(10(12)13)6(7)4-5-14-9/h1-8,17,29H,9-10H2,(H2,26,31)(H,27,30);1-5,10,16H,6H2,(H2,13,17);1-5,10,16H,6,13H2,(H2,14,17);1-5H/t17-;2*10-;/m000./s1. The zero-order chi connectivity index (χ0) is 61.9. The number of aliphatic hydroxyl groups is 3. The number of nitrogens with zero attached hydrogens (tertiary/aromatic N) is 5. The second-order valence-electron chi connectivity index (χ2n) is 17.7. The summed E-state index contributed by atoms with van der Waals surface area (Å²) in [5.74, 6) is -3.12. The highest BCUT2D eigenvalue weighted by molar-refractivity contribution is 6.31. The van der Waals surface area contributed by atoms with E-state index in [2.05, 4.69) is 9.73 Å². The molecule has 0 aliphatic rings. The Labute approximate surface area is 472 Å². The number of pyridine rings is 3. The number of fused-ring (bicyclic) bond motifs is 4. The van der Waals surface area contributed by atoms with Gasteiger partial charge in [-0.3, -0.25) is 53.8 Å². The lowest BCUT2D eigenvalue weighted by atomic mass is 10.1. The van der Waals surface area contributed by atoms with Gasteiger partial charge in [0.2, 0.25) is 23.6 Å². The molecular weight excluding hydrogens is 1140 g/mol. The van der Waals surface area contributed by atoms with E-state index in [9.17, 15) is 76.9 Å². The molecule has 436 valence electrons. The van der Waals surface area contributed by atoms with Gasteiger partial charge in [0.1, 0.15) is 18.1 Å². The molecule has 12 N–H and O–H groups in total. The number of hydrogen-bond acceptors (Lipinski definition) is 17. The Bertz CT molecular complexity index is 4300. The first-order valence-electron chi connectivity index (χ1n) is 24.1. The summed E-state index contributed by atoms with van der Waals surface area (Å²) in [5, 5.41) is 53.5. The molecule has 0 aliphatic carbocycles. The van der Waals surface area contributed by atoms with Crippen LogP contribution in [0, 0.1) is 20.2 Å². The lowest BCUT2D eigenvalue weighted by Crippen LogP contribution is -2.35. The fraction of sp³-hybridized carbons (Fsp3) is 0.148. The van der Waals surface area contributed by atoms with Gasteiger partial charge in [-0.25, -0.2) is 4.79 Å². The second kappa shape index (κ2) is 26.8. The van der Waals surface area contributed by atoms with E-state index >= 15 is 0 Å². The minimum Gasteiger partial charge on any atom is -0.431 e. The molecule has 0 bridgehead atoms. The number of nitrogens with one attached hydrogen (secondary N) is 1. The average molecular weight is 1180 g/mol. The highest BCUT2D eigenvalue weighted by atomic mass is 35.5. The van der Waals surface area contributed by atoms with Crippen molar-refractivity contribution >= 4 is 101 Å². The van der Waals surface area contributed by atoms with Crippen molar-refractivity contribution in [1.82, 2.24) is 13.7 Å². The largest absolute Gasteiger partial charge is 0.431 e. The monoisotopic (exact) mass is 1180 g/mol. The van der Waals surface area contributed by atoms with E-state index in [0.29, 0.717) is 27.2 Å². The van der Waals surface area contributed by atoms with Gasteiger partial charge in [0.05, 0.1) is 74.5 Å². The van der Waals surface area contributed by atoms with Crippen LogP contribution in [0.25, 0.3) is 43.1 Å². The summed E-state index contributed by atoms with van der Waals surface area (Å²) in [6, 6.07) is 23.3. The number of nitro benzene ring substituents is 2. The van der Waals surface area contributed by atoms with Crippen LogP contribution in [0.2, 0.25) is 5.02 Å². The molecule has 0 aliphatic heterocycles. The molecule has 0 spiro atoms. The molecule has 4 heterocycles. The van der Waals surface area contributed by atoms with Crippen molar-refractivity contribution in [2.24, 2.45) is 17.2 Å². The summed E-state index contributed by atoms with van der Waals surface area (Å²) in [6.07, 6.45) is 0.0207. The summed E-state index contributed by atoms with van der Waals surface area (Å²) in [7, 11) is 0. The number of aromatic nitrogens is 3. The van der Waals surface area contributed by atoms with E-state index in [-0.39, 0.29) is 50.6 Å². The summed E-state index contributed by atoms with van der Waals surface area (Å²) in [4.78, 5) is 115. The number of nitrogens with two attached hydrogens (primary N) is 4. The molecule has 3 atom stereocenters. The lowest BCUT2D eigenvalue weighted by Gasteiger charge is -2.16. The summed E-state index contributed by atoms with van der Waals surface area (Å²) < 4.78 is 46.8. The van der Waals surface area contributed by atoms with Crippen LogP contribution in [0.15, 0.2) is 164 Å². The van der Waals surface area contributed by atoms with Crippen LogP contribution in [-0.2, 0) is 31.8 Å². The SMILES string of the molecule is NC(=O)[C@H](CO)n1ccc2c(N)cccc2c1=O.NC(=O)[C@H](CO)n1ccc2c(NC(=O)Cc3ccc(Cl)c(C(F)(F)F)c3)cccc2c1=O.NC(=O)[C@H](CO)n1ccc2c([N+](=O)[O-])cccc2c1=O.O=c1occc2c([N+](=O)[O-])cccc12. The number of rotatable bonds is 14. The number of carbonyl (C=O) groups is 4. The average Bonchev–Trinajstić information content (AvgIpc) is 2.04. The zero-order valence-corrected chi connectivity index (χ0v) is 43.8. The minimum atomic E-state index is -4.66. The van der Waals surface area contributed by atoms with Gasteiger partial charge in [0.25, 0.3) is 28.1 Å². The van der Waals surface area contributed by atoms with Crippen LogP contribution in [0.5, 0.6) is 0 Å². The van der Waals surface area contributed by atoms with Gasteiger partial charge in [-0.15, -0.1) is 0 Å². The van der Waals surface area contributed by atoms with Crippen LogP contribution in [0.4, 0.5) is 35.9 Å². The zero-order valence-electron chi connectivity index (χ0n) is 43.0. The normalized spacial score (nSPS) is 12.1. The Hall–Kier alpha value is -10.6. The third-order valence-electron chi connectivity index (χ3n) is 12.5. The Morgan fingerprint density at radius 1 is 0.583 bits per heavy atom. The molecular formula is C54H46ClF3N10O16. The number of non-ortho nitro benzene ring substituents is 2. The number of amides is 4. The molecule has 9 rings (SSSR count). The van der Waals surface area contributed by atoms with Gasteiger partial charge in [0, 0.05) is 63.6 Å². The van der Waals surface area contributed by atoms with Crippen molar-refractivity contribution in [3.63, 3.8) is 0 Å². The third-order valence-corrected chi connectivity index (χ3v) is 12.9. The van der Waals surface area contributed by atoms with E-state index in [4.69, 9.17) is 44.7 Å². The summed E-state index contributed by atoms with van der Waals surface area (Å²) >= 11 is 5.60. The lowest BCUT2D eigenvalue weighted by molar-refractivity contribution is -0.383. The maximum absolute atomic E-state index is 13.0. The Morgan fingerprint density at radius 2 is 1.00 bits per heavy atom. The molecule has 5 aromatic carbocycles. The molecule has 0 fully saturated rings. The first-order chi connectivity index (χ1) is 39.7. The van der Waals surface area contributed by atoms with Gasteiger partial charge in [-0.2, -0.15) is 13.2 Å². The van der Waals surface area contributed by atoms with E-state index in [1.807, 2.05) is 0 Å². The number of primary amides is 3. The number of halogens is 4. The predicted molar refractivity (Wildman–Crippen MR) is 300 cm³/mol. The number of carbonyl (C=O) groups excluding carboxylic acids is 4. The van der Waals surface area contributed by atoms with Crippen LogP contribution in [0.1, 0.15) is 29.3 Å². The number of anilines is 2. The van der Waals surface area contributed by atoms with Crippen LogP contribution in [0.3, 0.4) is 0 Å². The Morgan fingerprint density at radius 3 is 1.46 bits per heavy atom. The van der Waals surface area contributed by atoms with E-state index in [1.165, 1.54) is 97.5 Å². The predicted octanol–water partition coefficient (Wildman–Crippen LogP) is 4.11. The molecule has 30 heteroatoms. The van der Waals surface area contributed by atoms with Gasteiger partial charge in [-0.05, 0) is 78.4 Å². The molecule has 4 aromatic heterocycles. The molecule has 0 saturated carbocycles. The van der Waals surface area contributed by atoms with Crippen molar-refractivity contribution in [3.05, 3.63) is 218 Å².